The number of nitrogens with zero attached hydrogens (tertiary/aromatic N) is 1. The van der Waals surface area contributed by atoms with Crippen molar-refractivity contribution in [1.29, 1.82) is 0 Å². The Morgan fingerprint density at radius 1 is 1.25 bits per heavy atom. The van der Waals surface area contributed by atoms with Crippen LogP contribution in [0.3, 0.4) is 0 Å². The van der Waals surface area contributed by atoms with Crippen LogP contribution in [0.5, 0.6) is 0 Å². The molecule has 88 valence electrons. The van der Waals surface area contributed by atoms with Gasteiger partial charge in [-0.3, -0.25) is 4.99 Å². The number of nitrogens with one attached hydrogen (secondary N) is 1. The number of hydrogen-bond acceptors (Lipinski definition) is 2. The van der Waals surface area contributed by atoms with Crippen molar-refractivity contribution < 1.29 is 0 Å². The van der Waals surface area contributed by atoms with Gasteiger partial charge in [-0.2, -0.15) is 0 Å². The van der Waals surface area contributed by atoms with Gasteiger partial charge in [0, 0.05) is 5.56 Å². The van der Waals surface area contributed by atoms with Crippen LogP contribution in [0.4, 0.5) is 0 Å². The zero-order chi connectivity index (χ0) is 12.3. The Labute approximate surface area is 97.7 Å². The second-order valence-electron chi connectivity index (χ2n) is 5.09. The number of hydrogen-bond donors (Lipinski definition) is 2. The molecule has 0 aliphatic heterocycles. The summed E-state index contributed by atoms with van der Waals surface area (Å²) in [5, 5.41) is 0. The number of amidine groups is 1. The van der Waals surface area contributed by atoms with Gasteiger partial charge in [0.05, 0.1) is 5.54 Å². The van der Waals surface area contributed by atoms with E-state index in [0.717, 1.165) is 11.4 Å². The number of aliphatic imine (C=N–C) groups is 1. The smallest absolute Gasteiger partial charge is 0.143 e. The van der Waals surface area contributed by atoms with Crippen LogP contribution < -0.4 is 11.3 Å². The van der Waals surface area contributed by atoms with E-state index in [9.17, 15) is 0 Å². The third-order valence-corrected chi connectivity index (χ3v) is 2.22. The second kappa shape index (κ2) is 4.66. The van der Waals surface area contributed by atoms with Crippen LogP contribution in [0.25, 0.3) is 0 Å². The highest BCUT2D eigenvalue weighted by atomic mass is 15.3. The minimum absolute atomic E-state index is 0.140. The largest absolute Gasteiger partial charge is 0.308 e. The van der Waals surface area contributed by atoms with E-state index in [4.69, 9.17) is 5.84 Å². The summed E-state index contributed by atoms with van der Waals surface area (Å²) in [7, 11) is 0. The Morgan fingerprint density at radius 3 is 2.31 bits per heavy atom. The number of hydrazine groups is 1. The van der Waals surface area contributed by atoms with Crippen LogP contribution in [-0.4, -0.2) is 11.4 Å². The van der Waals surface area contributed by atoms with Gasteiger partial charge in [-0.1, -0.05) is 23.8 Å². The van der Waals surface area contributed by atoms with E-state index in [1.807, 2.05) is 20.8 Å². The highest BCUT2D eigenvalue weighted by Crippen LogP contribution is 2.14. The predicted molar refractivity (Wildman–Crippen MR) is 69.5 cm³/mol. The van der Waals surface area contributed by atoms with Crippen LogP contribution in [0.1, 0.15) is 37.5 Å². The monoisotopic (exact) mass is 219 g/mol. The molecule has 0 aliphatic rings. The highest BCUT2D eigenvalue weighted by Gasteiger charge is 2.12. The van der Waals surface area contributed by atoms with E-state index < -0.39 is 0 Å². The van der Waals surface area contributed by atoms with Crippen LogP contribution in [-0.2, 0) is 0 Å². The maximum atomic E-state index is 5.54. The van der Waals surface area contributed by atoms with Crippen molar-refractivity contribution in [1.82, 2.24) is 5.43 Å². The van der Waals surface area contributed by atoms with E-state index in [2.05, 4.69) is 42.5 Å². The lowest BCUT2D eigenvalue weighted by atomic mass is 10.0. The number of aryl methyl sites for hydroxylation is 2. The molecule has 0 saturated carbocycles. The van der Waals surface area contributed by atoms with Gasteiger partial charge in [0.1, 0.15) is 5.84 Å². The fraction of sp³-hybridized carbons (Fsp3) is 0.462. The number of nitrogens with two attached hydrogens (primary N) is 1. The topological polar surface area (TPSA) is 50.4 Å². The SMILES string of the molecule is Cc1ccc(C(=NC(C)(C)C)NN)c(C)c1. The van der Waals surface area contributed by atoms with E-state index in [0.29, 0.717) is 0 Å². The third kappa shape index (κ3) is 3.35. The molecule has 0 unspecified atom stereocenters. The first kappa shape index (κ1) is 12.7. The summed E-state index contributed by atoms with van der Waals surface area (Å²) < 4.78 is 0. The maximum absolute atomic E-state index is 5.54. The fourth-order valence-corrected chi connectivity index (χ4v) is 1.58. The number of benzene rings is 1. The maximum Gasteiger partial charge on any atom is 0.143 e. The lowest BCUT2D eigenvalue weighted by Crippen LogP contribution is -2.34. The molecule has 0 aromatic heterocycles. The molecule has 0 fully saturated rings. The minimum atomic E-state index is -0.140. The lowest BCUT2D eigenvalue weighted by Gasteiger charge is -2.17. The van der Waals surface area contributed by atoms with Gasteiger partial charge in [-0.25, -0.2) is 5.84 Å². The Hall–Kier alpha value is -1.35. The Morgan fingerprint density at radius 2 is 1.88 bits per heavy atom. The normalized spacial score (nSPS) is 12.8. The number of rotatable bonds is 1. The van der Waals surface area contributed by atoms with E-state index >= 15 is 0 Å². The molecule has 3 nitrogen and oxygen atoms in total. The van der Waals surface area contributed by atoms with Crippen molar-refractivity contribution in [2.45, 2.75) is 40.2 Å². The van der Waals surface area contributed by atoms with Gasteiger partial charge in [-0.05, 0) is 40.2 Å². The van der Waals surface area contributed by atoms with Crippen molar-refractivity contribution in [2.24, 2.45) is 10.8 Å². The molecule has 1 rings (SSSR count). The first-order chi connectivity index (χ1) is 7.33. The van der Waals surface area contributed by atoms with E-state index in [1.54, 1.807) is 0 Å². The summed E-state index contributed by atoms with van der Waals surface area (Å²) in [6, 6.07) is 6.25. The molecule has 0 bridgehead atoms. The average molecular weight is 219 g/mol. The molecule has 0 amide bonds. The molecule has 1 aromatic rings. The van der Waals surface area contributed by atoms with Crippen LogP contribution >= 0.6 is 0 Å². The average Bonchev–Trinajstić information content (AvgIpc) is 2.13. The van der Waals surface area contributed by atoms with E-state index in [1.165, 1.54) is 11.1 Å². The Bertz CT molecular complexity index is 400. The summed E-state index contributed by atoms with van der Waals surface area (Å²) >= 11 is 0. The third-order valence-electron chi connectivity index (χ3n) is 2.22. The zero-order valence-corrected chi connectivity index (χ0v) is 10.8. The molecule has 3 N–H and O–H groups in total. The van der Waals surface area contributed by atoms with Gasteiger partial charge >= 0.3 is 0 Å². The quantitative estimate of drug-likeness (QED) is 0.329. The predicted octanol–water partition coefficient (Wildman–Crippen LogP) is 2.31. The van der Waals surface area contributed by atoms with Crippen molar-refractivity contribution in [2.75, 3.05) is 0 Å². The van der Waals surface area contributed by atoms with Gasteiger partial charge in [0.2, 0.25) is 0 Å². The summed E-state index contributed by atoms with van der Waals surface area (Å²) in [5.74, 6) is 6.28. The molecule has 0 aliphatic carbocycles. The molecule has 0 heterocycles. The van der Waals surface area contributed by atoms with E-state index in [-0.39, 0.29) is 5.54 Å². The molecule has 16 heavy (non-hydrogen) atoms. The summed E-state index contributed by atoms with van der Waals surface area (Å²) in [5.41, 5.74) is 6.03. The van der Waals surface area contributed by atoms with Gasteiger partial charge in [0.15, 0.2) is 0 Å². The van der Waals surface area contributed by atoms with Crippen LogP contribution in [0, 0.1) is 13.8 Å². The molecular formula is C13H21N3. The van der Waals surface area contributed by atoms with Gasteiger partial charge in [-0.15, -0.1) is 0 Å². The second-order valence-corrected chi connectivity index (χ2v) is 5.09. The van der Waals surface area contributed by atoms with Gasteiger partial charge < -0.3 is 5.43 Å². The van der Waals surface area contributed by atoms with Gasteiger partial charge in [0.25, 0.3) is 0 Å². The highest BCUT2D eigenvalue weighted by molar-refractivity contribution is 5.99. The van der Waals surface area contributed by atoms with Crippen molar-refractivity contribution in [3.63, 3.8) is 0 Å². The molecule has 0 spiro atoms. The van der Waals surface area contributed by atoms with Crippen molar-refractivity contribution >= 4 is 5.84 Å². The Balaban J connectivity index is 3.19. The van der Waals surface area contributed by atoms with Crippen molar-refractivity contribution in [3.8, 4) is 0 Å². The summed E-state index contributed by atoms with van der Waals surface area (Å²) in [4.78, 5) is 4.57. The first-order valence-corrected chi connectivity index (χ1v) is 5.47. The zero-order valence-electron chi connectivity index (χ0n) is 10.8. The van der Waals surface area contributed by atoms with Crippen molar-refractivity contribution in [3.05, 3.63) is 34.9 Å². The molecule has 0 radical (unpaired) electrons. The summed E-state index contributed by atoms with van der Waals surface area (Å²) in [6.45, 7) is 10.3. The molecule has 3 heteroatoms. The fourth-order valence-electron chi connectivity index (χ4n) is 1.58. The van der Waals surface area contributed by atoms with Crippen LogP contribution in [0.15, 0.2) is 23.2 Å². The first-order valence-electron chi connectivity index (χ1n) is 5.47. The summed E-state index contributed by atoms with van der Waals surface area (Å²) in [6.07, 6.45) is 0. The standard InChI is InChI=1S/C13H21N3/c1-9-6-7-11(10(2)8-9)12(16-14)15-13(3,4)5/h6-8H,14H2,1-5H3,(H,15,16). The molecule has 0 saturated heterocycles. The molecule has 0 atom stereocenters. The molecule has 1 aromatic carbocycles. The van der Waals surface area contributed by atoms with Crippen LogP contribution in [0.2, 0.25) is 0 Å². The Kier molecular flexibility index (Phi) is 3.70. The minimum Gasteiger partial charge on any atom is -0.308 e. The lowest BCUT2D eigenvalue weighted by molar-refractivity contribution is 0.580. The molecular weight excluding hydrogens is 198 g/mol.